The molecular weight excluding hydrogens is 362 g/mol. The van der Waals surface area contributed by atoms with E-state index < -0.39 is 0 Å². The van der Waals surface area contributed by atoms with Crippen molar-refractivity contribution in [2.45, 2.75) is 33.1 Å². The lowest BCUT2D eigenvalue weighted by atomic mass is 9.98. The highest BCUT2D eigenvalue weighted by atomic mass is 16.2. The maximum atomic E-state index is 13.2. The zero-order valence-corrected chi connectivity index (χ0v) is 17.9. The molecule has 154 valence electrons. The first-order valence-electron chi connectivity index (χ1n) is 10.4. The molecular formula is C24H31N3O2. The Bertz CT molecular complexity index is 866. The van der Waals surface area contributed by atoms with Crippen LogP contribution >= 0.6 is 0 Å². The highest BCUT2D eigenvalue weighted by molar-refractivity contribution is 6.06. The molecule has 2 aromatic carbocycles. The number of hydrogen-bond acceptors (Lipinski definition) is 3. The SMILES string of the molecule is CCc1ccc(C(=O)Nc2ccc(N(C)C)c(C(=O)N3CCC(C)CC3)c2)cc1. The van der Waals surface area contributed by atoms with Crippen molar-refractivity contribution in [3.05, 3.63) is 59.2 Å². The summed E-state index contributed by atoms with van der Waals surface area (Å²) in [6, 6.07) is 13.2. The van der Waals surface area contributed by atoms with Crippen molar-refractivity contribution in [1.82, 2.24) is 4.90 Å². The predicted octanol–water partition coefficient (Wildman–Crippen LogP) is 4.44. The summed E-state index contributed by atoms with van der Waals surface area (Å²) in [5.41, 5.74) is 3.92. The molecule has 1 fully saturated rings. The number of nitrogens with one attached hydrogen (secondary N) is 1. The first-order valence-corrected chi connectivity index (χ1v) is 10.4. The van der Waals surface area contributed by atoms with E-state index in [9.17, 15) is 9.59 Å². The van der Waals surface area contributed by atoms with Crippen LogP contribution in [0.2, 0.25) is 0 Å². The van der Waals surface area contributed by atoms with E-state index in [0.717, 1.165) is 38.0 Å². The Morgan fingerprint density at radius 2 is 1.72 bits per heavy atom. The Morgan fingerprint density at radius 3 is 2.31 bits per heavy atom. The molecule has 5 heteroatoms. The summed E-state index contributed by atoms with van der Waals surface area (Å²) in [4.78, 5) is 29.7. The quantitative estimate of drug-likeness (QED) is 0.817. The number of carbonyl (C=O) groups is 2. The number of piperidine rings is 1. The number of carbonyl (C=O) groups excluding carboxylic acids is 2. The van der Waals surface area contributed by atoms with Crippen LogP contribution in [0, 0.1) is 5.92 Å². The molecule has 1 saturated heterocycles. The molecule has 0 saturated carbocycles. The zero-order valence-electron chi connectivity index (χ0n) is 17.9. The molecule has 0 atom stereocenters. The third kappa shape index (κ3) is 4.97. The summed E-state index contributed by atoms with van der Waals surface area (Å²) in [6.45, 7) is 5.89. The normalized spacial score (nSPS) is 14.6. The minimum absolute atomic E-state index is 0.0315. The van der Waals surface area contributed by atoms with E-state index in [0.29, 0.717) is 22.7 Å². The van der Waals surface area contributed by atoms with Crippen LogP contribution in [0.5, 0.6) is 0 Å². The first kappa shape index (κ1) is 20.9. The molecule has 0 bridgehead atoms. The van der Waals surface area contributed by atoms with Crippen LogP contribution < -0.4 is 10.2 Å². The topological polar surface area (TPSA) is 52.7 Å². The molecule has 0 unspecified atom stereocenters. The molecule has 5 nitrogen and oxygen atoms in total. The van der Waals surface area contributed by atoms with Crippen molar-refractivity contribution in [3.63, 3.8) is 0 Å². The summed E-state index contributed by atoms with van der Waals surface area (Å²) in [5.74, 6) is 0.525. The van der Waals surface area contributed by atoms with Crippen molar-refractivity contribution >= 4 is 23.2 Å². The standard InChI is InChI=1S/C24H31N3O2/c1-5-18-6-8-19(9-7-18)23(28)25-20-10-11-22(26(3)4)21(16-20)24(29)27-14-12-17(2)13-15-27/h6-11,16-17H,5,12-15H2,1-4H3,(H,25,28). The monoisotopic (exact) mass is 393 g/mol. The van der Waals surface area contributed by atoms with Crippen molar-refractivity contribution < 1.29 is 9.59 Å². The van der Waals surface area contributed by atoms with Crippen LogP contribution in [0.15, 0.2) is 42.5 Å². The summed E-state index contributed by atoms with van der Waals surface area (Å²) in [6.07, 6.45) is 3.01. The van der Waals surface area contributed by atoms with E-state index in [1.54, 1.807) is 6.07 Å². The third-order valence-corrected chi connectivity index (χ3v) is 5.66. The molecule has 0 aromatic heterocycles. The van der Waals surface area contributed by atoms with Gasteiger partial charge in [0.25, 0.3) is 11.8 Å². The average molecular weight is 394 g/mol. The molecule has 0 spiro atoms. The second-order valence-corrected chi connectivity index (χ2v) is 8.11. The van der Waals surface area contributed by atoms with Gasteiger partial charge in [0.1, 0.15) is 0 Å². The number of nitrogens with zero attached hydrogens (tertiary/aromatic N) is 2. The lowest BCUT2D eigenvalue weighted by molar-refractivity contribution is 0.0697. The fourth-order valence-electron chi connectivity index (χ4n) is 3.65. The van der Waals surface area contributed by atoms with Gasteiger partial charge in [-0.1, -0.05) is 26.0 Å². The van der Waals surface area contributed by atoms with Gasteiger partial charge in [-0.15, -0.1) is 0 Å². The van der Waals surface area contributed by atoms with E-state index in [4.69, 9.17) is 0 Å². The minimum Gasteiger partial charge on any atom is -0.377 e. The summed E-state index contributed by atoms with van der Waals surface area (Å²) < 4.78 is 0. The first-order chi connectivity index (χ1) is 13.9. The number of rotatable bonds is 5. The molecule has 2 aromatic rings. The van der Waals surface area contributed by atoms with Gasteiger partial charge < -0.3 is 15.1 Å². The van der Waals surface area contributed by atoms with E-state index in [1.165, 1.54) is 5.56 Å². The third-order valence-electron chi connectivity index (χ3n) is 5.66. The largest absolute Gasteiger partial charge is 0.377 e. The van der Waals surface area contributed by atoms with Gasteiger partial charge in [-0.2, -0.15) is 0 Å². The lowest BCUT2D eigenvalue weighted by Gasteiger charge is -2.31. The molecule has 1 aliphatic heterocycles. The van der Waals surface area contributed by atoms with Crippen LogP contribution in [-0.4, -0.2) is 43.9 Å². The van der Waals surface area contributed by atoms with E-state index in [2.05, 4.69) is 19.2 Å². The number of benzene rings is 2. The number of anilines is 2. The van der Waals surface area contributed by atoms with Gasteiger partial charge in [-0.25, -0.2) is 0 Å². The van der Waals surface area contributed by atoms with Crippen LogP contribution in [0.25, 0.3) is 0 Å². The summed E-state index contributed by atoms with van der Waals surface area (Å²) in [5, 5.41) is 2.94. The van der Waals surface area contributed by atoms with Gasteiger partial charge in [0.15, 0.2) is 0 Å². The summed E-state index contributed by atoms with van der Waals surface area (Å²) in [7, 11) is 3.86. The Balaban J connectivity index is 1.82. The number of amides is 2. The van der Waals surface area contributed by atoms with E-state index in [1.807, 2.05) is 60.3 Å². The summed E-state index contributed by atoms with van der Waals surface area (Å²) >= 11 is 0. The Labute approximate surface area is 173 Å². The van der Waals surface area contributed by atoms with Crippen molar-refractivity contribution in [1.29, 1.82) is 0 Å². The number of hydrogen-bond donors (Lipinski definition) is 1. The second-order valence-electron chi connectivity index (χ2n) is 8.11. The Hall–Kier alpha value is -2.82. The Morgan fingerprint density at radius 1 is 1.07 bits per heavy atom. The number of aryl methyl sites for hydroxylation is 1. The number of likely N-dealkylation sites (tertiary alicyclic amines) is 1. The average Bonchev–Trinajstić information content (AvgIpc) is 2.73. The van der Waals surface area contributed by atoms with Gasteiger partial charge in [0.2, 0.25) is 0 Å². The second kappa shape index (κ2) is 9.12. The fourth-order valence-corrected chi connectivity index (χ4v) is 3.65. The molecule has 1 N–H and O–H groups in total. The van der Waals surface area contributed by atoms with Crippen molar-refractivity contribution in [2.75, 3.05) is 37.4 Å². The maximum Gasteiger partial charge on any atom is 0.256 e. The zero-order chi connectivity index (χ0) is 21.0. The molecule has 0 aliphatic carbocycles. The molecule has 1 aliphatic rings. The van der Waals surface area contributed by atoms with Crippen LogP contribution in [0.1, 0.15) is 53.0 Å². The molecule has 0 radical (unpaired) electrons. The van der Waals surface area contributed by atoms with Gasteiger partial charge in [-0.05, 0) is 61.1 Å². The van der Waals surface area contributed by atoms with E-state index >= 15 is 0 Å². The minimum atomic E-state index is -0.171. The maximum absolute atomic E-state index is 13.2. The highest BCUT2D eigenvalue weighted by Gasteiger charge is 2.24. The van der Waals surface area contributed by atoms with Crippen LogP contribution in [0.4, 0.5) is 11.4 Å². The molecule has 29 heavy (non-hydrogen) atoms. The molecule has 2 amide bonds. The molecule has 3 rings (SSSR count). The van der Waals surface area contributed by atoms with Crippen molar-refractivity contribution in [2.24, 2.45) is 5.92 Å². The lowest BCUT2D eigenvalue weighted by Crippen LogP contribution is -2.38. The van der Waals surface area contributed by atoms with Gasteiger partial charge in [0, 0.05) is 44.1 Å². The smallest absolute Gasteiger partial charge is 0.256 e. The highest BCUT2D eigenvalue weighted by Crippen LogP contribution is 2.27. The van der Waals surface area contributed by atoms with Crippen LogP contribution in [-0.2, 0) is 6.42 Å². The fraction of sp³-hybridized carbons (Fsp3) is 0.417. The van der Waals surface area contributed by atoms with Gasteiger partial charge >= 0.3 is 0 Å². The van der Waals surface area contributed by atoms with Gasteiger partial charge in [0.05, 0.1) is 5.56 Å². The van der Waals surface area contributed by atoms with Gasteiger partial charge in [-0.3, -0.25) is 9.59 Å². The Kier molecular flexibility index (Phi) is 6.57. The van der Waals surface area contributed by atoms with Crippen LogP contribution in [0.3, 0.4) is 0 Å². The van der Waals surface area contributed by atoms with Crippen molar-refractivity contribution in [3.8, 4) is 0 Å². The van der Waals surface area contributed by atoms with E-state index in [-0.39, 0.29) is 11.8 Å². The molecule has 1 heterocycles. The predicted molar refractivity (Wildman–Crippen MR) is 119 cm³/mol.